The Labute approximate surface area is 101 Å². The highest BCUT2D eigenvalue weighted by molar-refractivity contribution is 6.32. The Morgan fingerprint density at radius 1 is 1.56 bits per heavy atom. The fraction of sp³-hybridized carbons (Fsp3) is 0.500. The van der Waals surface area contributed by atoms with Crippen LogP contribution in [0.2, 0.25) is 5.02 Å². The van der Waals surface area contributed by atoms with E-state index in [2.05, 4.69) is 11.0 Å². The molecule has 1 atom stereocenters. The molecule has 0 radical (unpaired) electrons. The Bertz CT molecular complexity index is 370. The van der Waals surface area contributed by atoms with Gasteiger partial charge < -0.3 is 10.5 Å². The standard InChI is InChI=1S/C12H17ClN2O/c1-16-12-3-2-9(6-11(12)13)7-15-5-4-10(14)8-15/h2-3,6,10H,4-5,7-8,14H2,1H3. The van der Waals surface area contributed by atoms with Crippen molar-refractivity contribution in [2.75, 3.05) is 20.2 Å². The van der Waals surface area contributed by atoms with Gasteiger partial charge in [-0.05, 0) is 24.1 Å². The number of ether oxygens (including phenoxy) is 1. The Balaban J connectivity index is 2.02. The minimum atomic E-state index is 0.328. The molecular weight excluding hydrogens is 224 g/mol. The third kappa shape index (κ3) is 2.67. The van der Waals surface area contributed by atoms with Gasteiger partial charge in [0.1, 0.15) is 5.75 Å². The van der Waals surface area contributed by atoms with Crippen molar-refractivity contribution < 1.29 is 4.74 Å². The van der Waals surface area contributed by atoms with Crippen LogP contribution < -0.4 is 10.5 Å². The molecule has 0 saturated carbocycles. The molecule has 1 unspecified atom stereocenters. The van der Waals surface area contributed by atoms with E-state index in [1.54, 1.807) is 7.11 Å². The van der Waals surface area contributed by atoms with Crippen molar-refractivity contribution in [3.8, 4) is 5.75 Å². The summed E-state index contributed by atoms with van der Waals surface area (Å²) in [5.41, 5.74) is 7.07. The molecule has 1 aliphatic rings. The Kier molecular flexibility index (Phi) is 3.69. The molecule has 1 heterocycles. The van der Waals surface area contributed by atoms with E-state index < -0.39 is 0 Å². The first-order chi connectivity index (χ1) is 7.69. The fourth-order valence-electron chi connectivity index (χ4n) is 2.07. The van der Waals surface area contributed by atoms with E-state index in [0.29, 0.717) is 11.1 Å². The maximum absolute atomic E-state index is 6.08. The number of nitrogens with two attached hydrogens (primary N) is 1. The molecule has 1 aromatic carbocycles. The van der Waals surface area contributed by atoms with Crippen LogP contribution in [0.3, 0.4) is 0 Å². The van der Waals surface area contributed by atoms with Crippen molar-refractivity contribution in [2.45, 2.75) is 19.0 Å². The zero-order valence-electron chi connectivity index (χ0n) is 9.45. The van der Waals surface area contributed by atoms with Gasteiger partial charge in [-0.2, -0.15) is 0 Å². The van der Waals surface area contributed by atoms with E-state index in [1.807, 2.05) is 12.1 Å². The van der Waals surface area contributed by atoms with E-state index in [1.165, 1.54) is 5.56 Å². The number of halogens is 1. The highest BCUT2D eigenvalue weighted by atomic mass is 35.5. The predicted molar refractivity (Wildman–Crippen MR) is 65.9 cm³/mol. The summed E-state index contributed by atoms with van der Waals surface area (Å²) < 4.78 is 5.12. The first-order valence-corrected chi connectivity index (χ1v) is 5.87. The molecule has 2 N–H and O–H groups in total. The zero-order chi connectivity index (χ0) is 11.5. The van der Waals surface area contributed by atoms with E-state index in [-0.39, 0.29) is 0 Å². The summed E-state index contributed by atoms with van der Waals surface area (Å²) in [4.78, 5) is 2.35. The lowest BCUT2D eigenvalue weighted by atomic mass is 10.2. The minimum Gasteiger partial charge on any atom is -0.495 e. The van der Waals surface area contributed by atoms with Crippen LogP contribution in [-0.2, 0) is 6.54 Å². The Hall–Kier alpha value is -0.770. The van der Waals surface area contributed by atoms with Crippen molar-refractivity contribution in [3.63, 3.8) is 0 Å². The van der Waals surface area contributed by atoms with Crippen LogP contribution in [0.25, 0.3) is 0 Å². The smallest absolute Gasteiger partial charge is 0.137 e. The van der Waals surface area contributed by atoms with Gasteiger partial charge in [-0.25, -0.2) is 0 Å². The number of rotatable bonds is 3. The second-order valence-corrected chi connectivity index (χ2v) is 4.66. The SMILES string of the molecule is COc1ccc(CN2CCC(N)C2)cc1Cl. The molecule has 0 amide bonds. The van der Waals surface area contributed by atoms with Crippen LogP contribution in [-0.4, -0.2) is 31.1 Å². The highest BCUT2D eigenvalue weighted by Crippen LogP contribution is 2.25. The lowest BCUT2D eigenvalue weighted by Crippen LogP contribution is -2.26. The van der Waals surface area contributed by atoms with Crippen LogP contribution >= 0.6 is 11.6 Å². The maximum Gasteiger partial charge on any atom is 0.137 e. The molecule has 1 saturated heterocycles. The van der Waals surface area contributed by atoms with E-state index in [4.69, 9.17) is 22.1 Å². The van der Waals surface area contributed by atoms with Gasteiger partial charge in [0.05, 0.1) is 12.1 Å². The molecule has 3 nitrogen and oxygen atoms in total. The number of hydrogen-bond acceptors (Lipinski definition) is 3. The summed E-state index contributed by atoms with van der Waals surface area (Å²) in [5.74, 6) is 0.725. The molecule has 2 rings (SSSR count). The summed E-state index contributed by atoms with van der Waals surface area (Å²) in [5, 5.41) is 0.670. The lowest BCUT2D eigenvalue weighted by molar-refractivity contribution is 0.326. The second-order valence-electron chi connectivity index (χ2n) is 4.25. The number of benzene rings is 1. The maximum atomic E-state index is 6.08. The number of likely N-dealkylation sites (tertiary alicyclic amines) is 1. The summed E-state index contributed by atoms with van der Waals surface area (Å²) in [6.07, 6.45) is 1.09. The fourth-order valence-corrected chi connectivity index (χ4v) is 2.35. The lowest BCUT2D eigenvalue weighted by Gasteiger charge is -2.15. The van der Waals surface area contributed by atoms with Crippen molar-refractivity contribution in [1.29, 1.82) is 0 Å². The molecule has 4 heteroatoms. The van der Waals surface area contributed by atoms with Gasteiger partial charge >= 0.3 is 0 Å². The number of hydrogen-bond donors (Lipinski definition) is 1. The summed E-state index contributed by atoms with van der Waals surface area (Å²) in [6.45, 7) is 2.96. The monoisotopic (exact) mass is 240 g/mol. The molecule has 0 aliphatic carbocycles. The molecule has 88 valence electrons. The van der Waals surface area contributed by atoms with Crippen molar-refractivity contribution in [1.82, 2.24) is 4.90 Å². The first kappa shape index (κ1) is 11.7. The van der Waals surface area contributed by atoms with Gasteiger partial charge in [0.15, 0.2) is 0 Å². The third-order valence-corrected chi connectivity index (χ3v) is 3.23. The Morgan fingerprint density at radius 2 is 2.38 bits per heavy atom. The van der Waals surface area contributed by atoms with Crippen LogP contribution in [0.4, 0.5) is 0 Å². The molecule has 0 bridgehead atoms. The van der Waals surface area contributed by atoms with Gasteiger partial charge in [-0.3, -0.25) is 4.90 Å². The van der Waals surface area contributed by atoms with Gasteiger partial charge in [-0.1, -0.05) is 17.7 Å². The van der Waals surface area contributed by atoms with Gasteiger partial charge in [0, 0.05) is 25.7 Å². The first-order valence-electron chi connectivity index (χ1n) is 5.49. The second kappa shape index (κ2) is 5.04. The van der Waals surface area contributed by atoms with Crippen molar-refractivity contribution >= 4 is 11.6 Å². The zero-order valence-corrected chi connectivity index (χ0v) is 10.2. The van der Waals surface area contributed by atoms with Crippen LogP contribution in [0.5, 0.6) is 5.75 Å². The van der Waals surface area contributed by atoms with Gasteiger partial charge in [0.2, 0.25) is 0 Å². The topological polar surface area (TPSA) is 38.5 Å². The predicted octanol–water partition coefficient (Wildman–Crippen LogP) is 1.88. The Morgan fingerprint density at radius 3 is 2.94 bits per heavy atom. The van der Waals surface area contributed by atoms with Gasteiger partial charge in [-0.15, -0.1) is 0 Å². The third-order valence-electron chi connectivity index (χ3n) is 2.93. The molecule has 1 fully saturated rings. The van der Waals surface area contributed by atoms with Crippen molar-refractivity contribution in [3.05, 3.63) is 28.8 Å². The van der Waals surface area contributed by atoms with E-state index >= 15 is 0 Å². The molecule has 1 aromatic rings. The number of methoxy groups -OCH3 is 1. The molecule has 1 aliphatic heterocycles. The molecule has 16 heavy (non-hydrogen) atoms. The normalized spacial score (nSPS) is 21.3. The molecule has 0 aromatic heterocycles. The average Bonchev–Trinajstić information content (AvgIpc) is 2.64. The summed E-state index contributed by atoms with van der Waals surface area (Å²) in [6, 6.07) is 6.25. The summed E-state index contributed by atoms with van der Waals surface area (Å²) in [7, 11) is 1.63. The average molecular weight is 241 g/mol. The van der Waals surface area contributed by atoms with E-state index in [9.17, 15) is 0 Å². The highest BCUT2D eigenvalue weighted by Gasteiger charge is 2.18. The summed E-state index contributed by atoms with van der Waals surface area (Å²) >= 11 is 6.08. The van der Waals surface area contributed by atoms with E-state index in [0.717, 1.165) is 31.8 Å². The quantitative estimate of drug-likeness (QED) is 0.877. The molecule has 0 spiro atoms. The molecular formula is C12H17ClN2O. The van der Waals surface area contributed by atoms with Crippen LogP contribution in [0.15, 0.2) is 18.2 Å². The number of nitrogens with zero attached hydrogens (tertiary/aromatic N) is 1. The largest absolute Gasteiger partial charge is 0.495 e. The van der Waals surface area contributed by atoms with Crippen molar-refractivity contribution in [2.24, 2.45) is 5.73 Å². The van der Waals surface area contributed by atoms with Crippen LogP contribution in [0, 0.1) is 0 Å². The minimum absolute atomic E-state index is 0.328. The van der Waals surface area contributed by atoms with Crippen LogP contribution in [0.1, 0.15) is 12.0 Å². The van der Waals surface area contributed by atoms with Gasteiger partial charge in [0.25, 0.3) is 0 Å².